The molecular weight excluding hydrogens is 236 g/mol. The minimum atomic E-state index is 0.151. The Morgan fingerprint density at radius 2 is 1.68 bits per heavy atom. The van der Waals surface area contributed by atoms with Crippen molar-refractivity contribution in [2.24, 2.45) is 0 Å². The lowest BCUT2D eigenvalue weighted by Gasteiger charge is -2.21. The van der Waals surface area contributed by atoms with Gasteiger partial charge in [-0.3, -0.25) is 5.10 Å². The van der Waals surface area contributed by atoms with E-state index in [9.17, 15) is 0 Å². The van der Waals surface area contributed by atoms with Gasteiger partial charge in [0.1, 0.15) is 12.2 Å². The Morgan fingerprint density at radius 3 is 2.32 bits per heavy atom. The normalized spacial score (nSPS) is 14.4. The van der Waals surface area contributed by atoms with Gasteiger partial charge in [0.25, 0.3) is 0 Å². The molecular formula is C15H22N4. The van der Waals surface area contributed by atoms with Crippen molar-refractivity contribution in [3.8, 4) is 0 Å². The van der Waals surface area contributed by atoms with Gasteiger partial charge in [-0.25, -0.2) is 4.98 Å². The molecule has 4 nitrogen and oxygen atoms in total. The number of rotatable bonds is 4. The standard InChI is InChI=1S/C15H22N4/c1-9-6-11(3)14(7-10(9)2)12(4)18-13(5)15-16-8-17-19-15/h6-8,12-13,18H,1-5H3,(H,16,17,19). The monoisotopic (exact) mass is 258 g/mol. The average molecular weight is 258 g/mol. The number of hydrogen-bond donors (Lipinski definition) is 2. The molecule has 1 aromatic heterocycles. The maximum atomic E-state index is 4.19. The fraction of sp³-hybridized carbons (Fsp3) is 0.467. The van der Waals surface area contributed by atoms with E-state index in [1.54, 1.807) is 6.33 Å². The molecule has 2 N–H and O–H groups in total. The molecule has 2 unspecified atom stereocenters. The predicted molar refractivity (Wildman–Crippen MR) is 77.0 cm³/mol. The van der Waals surface area contributed by atoms with Crippen molar-refractivity contribution in [2.75, 3.05) is 0 Å². The highest BCUT2D eigenvalue weighted by molar-refractivity contribution is 5.38. The van der Waals surface area contributed by atoms with Crippen molar-refractivity contribution < 1.29 is 0 Å². The summed E-state index contributed by atoms with van der Waals surface area (Å²) in [5.74, 6) is 0.869. The zero-order valence-electron chi connectivity index (χ0n) is 12.3. The Bertz CT molecular complexity index is 546. The van der Waals surface area contributed by atoms with E-state index < -0.39 is 0 Å². The Kier molecular flexibility index (Phi) is 4.00. The van der Waals surface area contributed by atoms with Gasteiger partial charge in [-0.15, -0.1) is 0 Å². The largest absolute Gasteiger partial charge is 0.301 e. The molecule has 102 valence electrons. The third-order valence-corrected chi connectivity index (χ3v) is 3.69. The van der Waals surface area contributed by atoms with Crippen LogP contribution in [0.1, 0.15) is 54.0 Å². The lowest BCUT2D eigenvalue weighted by atomic mass is 9.96. The molecule has 1 aromatic carbocycles. The highest BCUT2D eigenvalue weighted by atomic mass is 15.2. The van der Waals surface area contributed by atoms with Gasteiger partial charge >= 0.3 is 0 Å². The summed E-state index contributed by atoms with van der Waals surface area (Å²) >= 11 is 0. The molecule has 0 spiro atoms. The Labute approximate surface area is 114 Å². The molecule has 0 aliphatic rings. The first-order valence-corrected chi connectivity index (χ1v) is 6.68. The molecule has 0 aliphatic heterocycles. The zero-order valence-corrected chi connectivity index (χ0v) is 12.3. The fourth-order valence-electron chi connectivity index (χ4n) is 2.42. The Hall–Kier alpha value is -1.68. The molecule has 2 aromatic rings. The minimum absolute atomic E-state index is 0.151. The minimum Gasteiger partial charge on any atom is -0.301 e. The lowest BCUT2D eigenvalue weighted by molar-refractivity contribution is 0.476. The third kappa shape index (κ3) is 3.01. The van der Waals surface area contributed by atoms with E-state index in [4.69, 9.17) is 0 Å². The number of benzene rings is 1. The highest BCUT2D eigenvalue weighted by Gasteiger charge is 2.15. The van der Waals surface area contributed by atoms with Crippen molar-refractivity contribution in [2.45, 2.75) is 46.7 Å². The number of aryl methyl sites for hydroxylation is 3. The quantitative estimate of drug-likeness (QED) is 0.885. The number of aromatic nitrogens is 3. The van der Waals surface area contributed by atoms with Gasteiger partial charge in [-0.05, 0) is 56.9 Å². The average Bonchev–Trinajstić information content (AvgIpc) is 2.87. The van der Waals surface area contributed by atoms with Gasteiger partial charge < -0.3 is 5.32 Å². The zero-order chi connectivity index (χ0) is 14.0. The summed E-state index contributed by atoms with van der Waals surface area (Å²) in [6.45, 7) is 10.8. The van der Waals surface area contributed by atoms with Gasteiger partial charge in [0.15, 0.2) is 0 Å². The Balaban J connectivity index is 2.16. The predicted octanol–water partition coefficient (Wildman–Crippen LogP) is 3.14. The summed E-state index contributed by atoms with van der Waals surface area (Å²) in [5, 5.41) is 10.3. The van der Waals surface area contributed by atoms with E-state index in [1.807, 2.05) is 0 Å². The smallest absolute Gasteiger partial charge is 0.141 e. The number of aromatic amines is 1. The van der Waals surface area contributed by atoms with Gasteiger partial charge in [0.2, 0.25) is 0 Å². The topological polar surface area (TPSA) is 53.6 Å². The van der Waals surface area contributed by atoms with Crippen LogP contribution in [-0.4, -0.2) is 15.2 Å². The van der Waals surface area contributed by atoms with Crippen LogP contribution >= 0.6 is 0 Å². The number of H-pyrrole nitrogens is 1. The first-order chi connectivity index (χ1) is 8.99. The molecule has 0 bridgehead atoms. The molecule has 4 heteroatoms. The summed E-state index contributed by atoms with van der Waals surface area (Å²) < 4.78 is 0. The van der Waals surface area contributed by atoms with Crippen LogP contribution in [0.4, 0.5) is 0 Å². The van der Waals surface area contributed by atoms with Crippen LogP contribution in [0.25, 0.3) is 0 Å². The van der Waals surface area contributed by atoms with Crippen molar-refractivity contribution in [1.82, 2.24) is 20.5 Å². The number of hydrogen-bond acceptors (Lipinski definition) is 3. The lowest BCUT2D eigenvalue weighted by Crippen LogP contribution is -2.24. The van der Waals surface area contributed by atoms with Crippen molar-refractivity contribution in [3.05, 3.63) is 46.5 Å². The molecule has 0 saturated carbocycles. The van der Waals surface area contributed by atoms with Crippen molar-refractivity contribution in [1.29, 1.82) is 0 Å². The first-order valence-electron chi connectivity index (χ1n) is 6.68. The summed E-state index contributed by atoms with van der Waals surface area (Å²) in [6, 6.07) is 4.95. The maximum absolute atomic E-state index is 4.19. The first kappa shape index (κ1) is 13.7. The van der Waals surface area contributed by atoms with Crippen LogP contribution < -0.4 is 5.32 Å². The second-order valence-electron chi connectivity index (χ2n) is 5.27. The third-order valence-electron chi connectivity index (χ3n) is 3.69. The van der Waals surface area contributed by atoms with E-state index in [2.05, 4.69) is 67.2 Å². The molecule has 0 aliphatic carbocycles. The summed E-state index contributed by atoms with van der Waals surface area (Å²) in [5.41, 5.74) is 5.35. The summed E-state index contributed by atoms with van der Waals surface area (Å²) in [6.07, 6.45) is 1.54. The van der Waals surface area contributed by atoms with Gasteiger partial charge in [0.05, 0.1) is 6.04 Å². The van der Waals surface area contributed by atoms with Gasteiger partial charge in [-0.2, -0.15) is 5.10 Å². The molecule has 0 saturated heterocycles. The van der Waals surface area contributed by atoms with Crippen LogP contribution in [0.3, 0.4) is 0 Å². The fourth-order valence-corrected chi connectivity index (χ4v) is 2.42. The van der Waals surface area contributed by atoms with Crippen molar-refractivity contribution in [3.63, 3.8) is 0 Å². The molecule has 0 amide bonds. The molecule has 1 heterocycles. The second-order valence-corrected chi connectivity index (χ2v) is 5.27. The van der Waals surface area contributed by atoms with Gasteiger partial charge in [0, 0.05) is 6.04 Å². The summed E-state index contributed by atoms with van der Waals surface area (Å²) in [7, 11) is 0. The number of nitrogens with zero attached hydrogens (tertiary/aromatic N) is 2. The Morgan fingerprint density at radius 1 is 1.00 bits per heavy atom. The van der Waals surface area contributed by atoms with E-state index in [0.29, 0.717) is 0 Å². The van der Waals surface area contributed by atoms with Crippen molar-refractivity contribution >= 4 is 0 Å². The molecule has 2 rings (SSSR count). The molecule has 19 heavy (non-hydrogen) atoms. The maximum Gasteiger partial charge on any atom is 0.141 e. The SMILES string of the molecule is Cc1cc(C)c(C(C)NC(C)c2ncn[nH]2)cc1C. The molecule has 2 atom stereocenters. The van der Waals surface area contributed by atoms with Crippen LogP contribution in [0, 0.1) is 20.8 Å². The van der Waals surface area contributed by atoms with Crippen LogP contribution in [-0.2, 0) is 0 Å². The molecule has 0 radical (unpaired) electrons. The second kappa shape index (κ2) is 5.53. The highest BCUT2D eigenvalue weighted by Crippen LogP contribution is 2.23. The van der Waals surface area contributed by atoms with Crippen LogP contribution in [0.5, 0.6) is 0 Å². The van der Waals surface area contributed by atoms with Crippen LogP contribution in [0.15, 0.2) is 18.5 Å². The van der Waals surface area contributed by atoms with E-state index >= 15 is 0 Å². The number of nitrogens with one attached hydrogen (secondary N) is 2. The van der Waals surface area contributed by atoms with E-state index in [0.717, 1.165) is 5.82 Å². The summed E-state index contributed by atoms with van der Waals surface area (Å²) in [4.78, 5) is 4.19. The molecule has 0 fully saturated rings. The van der Waals surface area contributed by atoms with E-state index in [1.165, 1.54) is 22.3 Å². The van der Waals surface area contributed by atoms with Crippen LogP contribution in [0.2, 0.25) is 0 Å². The van der Waals surface area contributed by atoms with Gasteiger partial charge in [-0.1, -0.05) is 12.1 Å². The van der Waals surface area contributed by atoms with E-state index in [-0.39, 0.29) is 12.1 Å².